The Bertz CT molecular complexity index is 624. The van der Waals surface area contributed by atoms with E-state index in [-0.39, 0.29) is 11.5 Å². The molecular formula is C15H14INO2. The van der Waals surface area contributed by atoms with Crippen molar-refractivity contribution in [2.45, 2.75) is 13.3 Å². The molecule has 0 saturated heterocycles. The van der Waals surface area contributed by atoms with Crippen LogP contribution in [0.1, 0.15) is 18.1 Å². The lowest BCUT2D eigenvalue weighted by atomic mass is 10.1. The highest BCUT2D eigenvalue weighted by molar-refractivity contribution is 14.1. The molecule has 4 heteroatoms. The van der Waals surface area contributed by atoms with Crippen molar-refractivity contribution in [2.24, 2.45) is 4.99 Å². The summed E-state index contributed by atoms with van der Waals surface area (Å²) in [6, 6.07) is 10.7. The molecule has 0 aliphatic heterocycles. The fourth-order valence-electron chi connectivity index (χ4n) is 1.67. The number of benzene rings is 2. The number of rotatable bonds is 3. The van der Waals surface area contributed by atoms with Gasteiger partial charge in [0.15, 0.2) is 0 Å². The van der Waals surface area contributed by atoms with Gasteiger partial charge in [0.05, 0.1) is 0 Å². The van der Waals surface area contributed by atoms with Crippen LogP contribution in [0.4, 0.5) is 5.69 Å². The molecule has 0 radical (unpaired) electrons. The molecule has 0 atom stereocenters. The van der Waals surface area contributed by atoms with E-state index in [1.807, 2.05) is 25.1 Å². The molecular weight excluding hydrogens is 353 g/mol. The Morgan fingerprint density at radius 2 is 1.89 bits per heavy atom. The number of nitrogens with zero attached hydrogens (tertiary/aromatic N) is 1. The van der Waals surface area contributed by atoms with Crippen molar-refractivity contribution in [3.63, 3.8) is 0 Å². The van der Waals surface area contributed by atoms with E-state index in [1.54, 1.807) is 24.4 Å². The first kappa shape index (κ1) is 13.9. The van der Waals surface area contributed by atoms with E-state index >= 15 is 0 Å². The Morgan fingerprint density at radius 1 is 1.11 bits per heavy atom. The average molecular weight is 367 g/mol. The van der Waals surface area contributed by atoms with Crippen LogP contribution in [-0.2, 0) is 6.42 Å². The Balaban J connectivity index is 2.30. The van der Waals surface area contributed by atoms with Crippen LogP contribution in [0.25, 0.3) is 0 Å². The molecule has 19 heavy (non-hydrogen) atoms. The molecule has 2 aromatic rings. The summed E-state index contributed by atoms with van der Waals surface area (Å²) in [7, 11) is 0. The average Bonchev–Trinajstić information content (AvgIpc) is 2.40. The number of aliphatic imine (C=N–C) groups is 1. The molecule has 0 heterocycles. The largest absolute Gasteiger partial charge is 0.507 e. The molecule has 0 aliphatic rings. The highest BCUT2D eigenvalue weighted by Crippen LogP contribution is 2.28. The number of halogens is 1. The molecule has 3 nitrogen and oxygen atoms in total. The lowest BCUT2D eigenvalue weighted by molar-refractivity contribution is 0.473. The molecule has 0 bridgehead atoms. The third-order valence-electron chi connectivity index (χ3n) is 2.78. The van der Waals surface area contributed by atoms with Crippen LogP contribution in [0.2, 0.25) is 0 Å². The van der Waals surface area contributed by atoms with Crippen molar-refractivity contribution in [1.29, 1.82) is 0 Å². The third-order valence-corrected chi connectivity index (χ3v) is 3.45. The quantitative estimate of drug-likeness (QED) is 0.636. The van der Waals surface area contributed by atoms with Crippen molar-refractivity contribution in [2.75, 3.05) is 0 Å². The van der Waals surface area contributed by atoms with Gasteiger partial charge < -0.3 is 10.2 Å². The third kappa shape index (κ3) is 3.47. The lowest BCUT2D eigenvalue weighted by Crippen LogP contribution is -1.84. The first-order valence-electron chi connectivity index (χ1n) is 5.94. The maximum atomic E-state index is 9.85. The Morgan fingerprint density at radius 3 is 2.58 bits per heavy atom. The molecule has 98 valence electrons. The highest BCUT2D eigenvalue weighted by Gasteiger charge is 2.02. The van der Waals surface area contributed by atoms with Crippen molar-refractivity contribution in [3.05, 3.63) is 51.1 Å². The molecule has 2 N–H and O–H groups in total. The highest BCUT2D eigenvalue weighted by atomic mass is 127. The zero-order valence-corrected chi connectivity index (χ0v) is 12.6. The van der Waals surface area contributed by atoms with Gasteiger partial charge in [0.1, 0.15) is 17.2 Å². The molecule has 0 unspecified atom stereocenters. The number of phenols is 2. The van der Waals surface area contributed by atoms with Gasteiger partial charge >= 0.3 is 0 Å². The van der Waals surface area contributed by atoms with Crippen molar-refractivity contribution < 1.29 is 10.2 Å². The second-order valence-corrected chi connectivity index (χ2v) is 5.38. The van der Waals surface area contributed by atoms with E-state index in [0.717, 1.165) is 15.6 Å². The van der Waals surface area contributed by atoms with Crippen molar-refractivity contribution >= 4 is 34.5 Å². The molecule has 0 amide bonds. The number of aromatic hydroxyl groups is 2. The van der Waals surface area contributed by atoms with Crippen molar-refractivity contribution in [3.8, 4) is 11.5 Å². The molecule has 2 rings (SSSR count). The predicted octanol–water partition coefficient (Wildman–Crippen LogP) is 4.02. The van der Waals surface area contributed by atoms with Gasteiger partial charge in [-0.3, -0.25) is 4.99 Å². The number of aryl methyl sites for hydroxylation is 1. The van der Waals surface area contributed by atoms with Gasteiger partial charge in [0.2, 0.25) is 0 Å². The van der Waals surface area contributed by atoms with Gasteiger partial charge in [-0.05, 0) is 64.9 Å². The van der Waals surface area contributed by atoms with Crippen LogP contribution in [0.3, 0.4) is 0 Å². The molecule has 0 aliphatic carbocycles. The van der Waals surface area contributed by atoms with Crippen LogP contribution in [0.15, 0.2) is 41.4 Å². The predicted molar refractivity (Wildman–Crippen MR) is 85.6 cm³/mol. The number of hydrogen-bond donors (Lipinski definition) is 2. The molecule has 2 aromatic carbocycles. The van der Waals surface area contributed by atoms with Crippen LogP contribution in [0.5, 0.6) is 11.5 Å². The van der Waals surface area contributed by atoms with Gasteiger partial charge in [-0.25, -0.2) is 0 Å². The zero-order valence-electron chi connectivity index (χ0n) is 10.5. The van der Waals surface area contributed by atoms with Crippen LogP contribution < -0.4 is 0 Å². The van der Waals surface area contributed by atoms with E-state index in [0.29, 0.717) is 11.3 Å². The summed E-state index contributed by atoms with van der Waals surface area (Å²) in [4.78, 5) is 4.22. The fraction of sp³-hybridized carbons (Fsp3) is 0.133. The Hall–Kier alpha value is -1.56. The summed E-state index contributed by atoms with van der Waals surface area (Å²) in [5.41, 5.74) is 2.19. The van der Waals surface area contributed by atoms with Gasteiger partial charge in [-0.2, -0.15) is 0 Å². The molecule has 0 spiro atoms. The van der Waals surface area contributed by atoms with E-state index in [1.165, 1.54) is 0 Å². The summed E-state index contributed by atoms with van der Waals surface area (Å²) >= 11 is 2.17. The van der Waals surface area contributed by atoms with E-state index in [4.69, 9.17) is 0 Å². The fourth-order valence-corrected chi connectivity index (χ4v) is 2.18. The topological polar surface area (TPSA) is 52.8 Å². The van der Waals surface area contributed by atoms with Gasteiger partial charge in [-0.15, -0.1) is 0 Å². The minimum absolute atomic E-state index is 0.153. The second-order valence-electron chi connectivity index (χ2n) is 4.14. The van der Waals surface area contributed by atoms with Crippen LogP contribution in [-0.4, -0.2) is 16.4 Å². The Kier molecular flexibility index (Phi) is 4.42. The smallest absolute Gasteiger partial charge is 0.141 e. The first-order valence-corrected chi connectivity index (χ1v) is 7.02. The van der Waals surface area contributed by atoms with Gasteiger partial charge in [-0.1, -0.05) is 13.0 Å². The normalized spacial score (nSPS) is 11.1. The maximum Gasteiger partial charge on any atom is 0.141 e. The summed E-state index contributed by atoms with van der Waals surface area (Å²) in [6.07, 6.45) is 2.42. The van der Waals surface area contributed by atoms with Crippen molar-refractivity contribution in [1.82, 2.24) is 0 Å². The lowest BCUT2D eigenvalue weighted by Gasteiger charge is -2.02. The van der Waals surface area contributed by atoms with Crippen LogP contribution >= 0.6 is 22.6 Å². The molecule has 0 fully saturated rings. The first-order chi connectivity index (χ1) is 9.10. The van der Waals surface area contributed by atoms with E-state index in [9.17, 15) is 10.2 Å². The summed E-state index contributed by atoms with van der Waals surface area (Å²) in [6.45, 7) is 2.03. The number of phenolic OH excluding ortho intramolecular Hbond substituents is 2. The van der Waals surface area contributed by atoms with Crippen LogP contribution in [0, 0.1) is 3.57 Å². The number of hydrogen-bond acceptors (Lipinski definition) is 3. The zero-order chi connectivity index (χ0) is 13.8. The minimum Gasteiger partial charge on any atom is -0.507 e. The van der Waals surface area contributed by atoms with E-state index < -0.39 is 0 Å². The summed E-state index contributed by atoms with van der Waals surface area (Å²) in [5, 5.41) is 19.6. The maximum absolute atomic E-state index is 9.85. The van der Waals surface area contributed by atoms with Gasteiger partial charge in [0, 0.05) is 15.3 Å². The summed E-state index contributed by atoms with van der Waals surface area (Å²) < 4.78 is 1.02. The summed E-state index contributed by atoms with van der Waals surface area (Å²) in [5.74, 6) is 0.328. The van der Waals surface area contributed by atoms with Gasteiger partial charge in [0.25, 0.3) is 0 Å². The standard InChI is InChI=1S/C15H14INO2/c1-2-10-3-5-13(15(19)7-10)17-9-11-8-12(16)4-6-14(11)18/h3-9,18-19H,2H2,1H3/b17-9+. The van der Waals surface area contributed by atoms with E-state index in [2.05, 4.69) is 27.6 Å². The minimum atomic E-state index is 0.153. The monoisotopic (exact) mass is 367 g/mol. The Labute approximate surface area is 125 Å². The second kappa shape index (κ2) is 6.06. The SMILES string of the molecule is CCc1ccc(/N=C/c2cc(I)ccc2O)c(O)c1. The molecule has 0 aromatic heterocycles. The molecule has 0 saturated carbocycles.